The molecule has 0 radical (unpaired) electrons. The Bertz CT molecular complexity index is 229. The van der Waals surface area contributed by atoms with Crippen molar-refractivity contribution in [1.29, 1.82) is 0 Å². The van der Waals surface area contributed by atoms with Gasteiger partial charge in [0.15, 0.2) is 0 Å². The number of allylic oxidation sites excluding steroid dienone is 2. The summed E-state index contributed by atoms with van der Waals surface area (Å²) in [5.41, 5.74) is 0. The monoisotopic (exact) mass is 228 g/mol. The number of rotatable bonds is 3. The lowest BCUT2D eigenvalue weighted by atomic mass is 10.2. The predicted molar refractivity (Wildman–Crippen MR) is 67.8 cm³/mol. The van der Waals surface area contributed by atoms with Gasteiger partial charge >= 0.3 is 8.56 Å². The van der Waals surface area contributed by atoms with E-state index in [0.29, 0.717) is 0 Å². The van der Waals surface area contributed by atoms with Crippen molar-refractivity contribution >= 4 is 8.56 Å². The van der Waals surface area contributed by atoms with Gasteiger partial charge in [-0.1, -0.05) is 54.2 Å². The fourth-order valence-corrected chi connectivity index (χ4v) is 4.90. The molecule has 1 N–H and O–H groups in total. The van der Waals surface area contributed by atoms with Crippen molar-refractivity contribution in [1.82, 2.24) is 0 Å². The van der Waals surface area contributed by atoms with E-state index in [9.17, 15) is 4.80 Å². The highest BCUT2D eigenvalue weighted by atomic mass is 28.4. The Morgan fingerprint density at radius 3 is 1.73 bits per heavy atom. The van der Waals surface area contributed by atoms with Gasteiger partial charge in [0.25, 0.3) is 0 Å². The van der Waals surface area contributed by atoms with Gasteiger partial charge in [-0.3, -0.25) is 0 Å². The first-order valence-electron chi connectivity index (χ1n) is 5.24. The quantitative estimate of drug-likeness (QED) is 0.453. The minimum Gasteiger partial charge on any atom is -0.526 e. The SMILES string of the molecule is C=C/C=C\O[Si](O)(C(C)(C)C)C(C)(C)C. The lowest BCUT2D eigenvalue weighted by molar-refractivity contribution is 0.252. The lowest BCUT2D eigenvalue weighted by Crippen LogP contribution is -2.53. The summed E-state index contributed by atoms with van der Waals surface area (Å²) in [6, 6.07) is 0. The van der Waals surface area contributed by atoms with E-state index in [1.54, 1.807) is 18.4 Å². The molecule has 88 valence electrons. The van der Waals surface area contributed by atoms with E-state index in [4.69, 9.17) is 4.43 Å². The zero-order chi connectivity index (χ0) is 12.3. The molecule has 0 fully saturated rings. The summed E-state index contributed by atoms with van der Waals surface area (Å²) in [5.74, 6) is 0. The van der Waals surface area contributed by atoms with Crippen LogP contribution in [0.15, 0.2) is 25.0 Å². The first-order chi connectivity index (χ1) is 6.56. The van der Waals surface area contributed by atoms with Gasteiger partial charge in [-0.15, -0.1) is 0 Å². The fourth-order valence-electron chi connectivity index (χ4n) is 1.67. The third-order valence-corrected chi connectivity index (χ3v) is 7.03. The van der Waals surface area contributed by atoms with Crippen LogP contribution >= 0.6 is 0 Å². The first-order valence-corrected chi connectivity index (χ1v) is 7.09. The minimum atomic E-state index is -2.82. The van der Waals surface area contributed by atoms with Crippen molar-refractivity contribution < 1.29 is 9.22 Å². The van der Waals surface area contributed by atoms with Crippen LogP contribution in [0.2, 0.25) is 10.1 Å². The molecule has 0 spiro atoms. The van der Waals surface area contributed by atoms with Crippen LogP contribution in [0.4, 0.5) is 0 Å². The van der Waals surface area contributed by atoms with E-state index in [2.05, 4.69) is 6.58 Å². The molecular weight excluding hydrogens is 204 g/mol. The molecule has 0 aliphatic rings. The Morgan fingerprint density at radius 2 is 1.47 bits per heavy atom. The second-order valence-electron chi connectivity index (χ2n) is 5.83. The highest BCUT2D eigenvalue weighted by Crippen LogP contribution is 2.49. The molecule has 0 aromatic carbocycles. The molecule has 0 unspecified atom stereocenters. The second-order valence-corrected chi connectivity index (χ2v) is 10.3. The van der Waals surface area contributed by atoms with Crippen molar-refractivity contribution in [3.8, 4) is 0 Å². The molecule has 0 heterocycles. The molecule has 0 saturated carbocycles. The molecule has 0 aliphatic heterocycles. The molecule has 0 aromatic rings. The van der Waals surface area contributed by atoms with Crippen LogP contribution in [-0.2, 0) is 4.43 Å². The van der Waals surface area contributed by atoms with E-state index in [1.165, 1.54) is 0 Å². The van der Waals surface area contributed by atoms with Crippen LogP contribution in [0.1, 0.15) is 41.5 Å². The molecule has 15 heavy (non-hydrogen) atoms. The molecule has 2 nitrogen and oxygen atoms in total. The summed E-state index contributed by atoms with van der Waals surface area (Å²) in [4.78, 5) is 10.7. The Balaban J connectivity index is 5.06. The van der Waals surface area contributed by atoms with Crippen LogP contribution in [0.5, 0.6) is 0 Å². The van der Waals surface area contributed by atoms with E-state index < -0.39 is 8.56 Å². The van der Waals surface area contributed by atoms with Gasteiger partial charge in [-0.05, 0) is 6.08 Å². The summed E-state index contributed by atoms with van der Waals surface area (Å²) >= 11 is 0. The van der Waals surface area contributed by atoms with Gasteiger partial charge in [0.1, 0.15) is 0 Å². The van der Waals surface area contributed by atoms with Crippen molar-refractivity contribution in [3.05, 3.63) is 25.0 Å². The largest absolute Gasteiger partial charge is 0.526 e. The van der Waals surface area contributed by atoms with E-state index in [-0.39, 0.29) is 10.1 Å². The Hall–Kier alpha value is -0.543. The molecule has 0 bridgehead atoms. The zero-order valence-electron chi connectivity index (χ0n) is 10.8. The Kier molecular flexibility index (Phi) is 4.37. The van der Waals surface area contributed by atoms with E-state index in [0.717, 1.165) is 0 Å². The van der Waals surface area contributed by atoms with E-state index >= 15 is 0 Å². The smallest absolute Gasteiger partial charge is 0.406 e. The van der Waals surface area contributed by atoms with Crippen LogP contribution in [0, 0.1) is 0 Å². The van der Waals surface area contributed by atoms with Gasteiger partial charge in [0, 0.05) is 10.1 Å². The van der Waals surface area contributed by atoms with Gasteiger partial charge in [0.2, 0.25) is 0 Å². The molecule has 0 atom stereocenters. The maximum absolute atomic E-state index is 10.7. The van der Waals surface area contributed by atoms with Crippen LogP contribution in [0.3, 0.4) is 0 Å². The molecule has 0 aliphatic carbocycles. The van der Waals surface area contributed by atoms with E-state index in [1.807, 2.05) is 41.5 Å². The third-order valence-electron chi connectivity index (χ3n) is 2.49. The summed E-state index contributed by atoms with van der Waals surface area (Å²) < 4.78 is 5.64. The summed E-state index contributed by atoms with van der Waals surface area (Å²) in [6.45, 7) is 15.7. The average Bonchev–Trinajstić information content (AvgIpc) is 2.00. The lowest BCUT2D eigenvalue weighted by Gasteiger charge is -2.44. The highest BCUT2D eigenvalue weighted by molar-refractivity contribution is 6.72. The summed E-state index contributed by atoms with van der Waals surface area (Å²) in [5, 5.41) is -0.451. The van der Waals surface area contributed by atoms with Crippen molar-refractivity contribution in [2.45, 2.75) is 51.6 Å². The fraction of sp³-hybridized carbons (Fsp3) is 0.667. The standard InChI is InChI=1S/C12H24O2Si/c1-8-9-10-14-15(13,11(2,3)4)12(5,6)7/h8-10,13H,1H2,2-7H3/b10-9-. The molecule has 0 rings (SSSR count). The molecule has 0 saturated heterocycles. The highest BCUT2D eigenvalue weighted by Gasteiger charge is 2.56. The number of hydrogen-bond acceptors (Lipinski definition) is 2. The van der Waals surface area contributed by atoms with Gasteiger partial charge in [-0.25, -0.2) is 0 Å². The topological polar surface area (TPSA) is 29.5 Å². The van der Waals surface area contributed by atoms with Crippen LogP contribution in [0.25, 0.3) is 0 Å². The average molecular weight is 228 g/mol. The Labute approximate surface area is 94.9 Å². The van der Waals surface area contributed by atoms with Crippen molar-refractivity contribution in [2.24, 2.45) is 0 Å². The maximum atomic E-state index is 10.7. The first kappa shape index (κ1) is 14.5. The molecule has 0 amide bonds. The normalized spacial score (nSPS) is 14.3. The zero-order valence-corrected chi connectivity index (χ0v) is 11.8. The van der Waals surface area contributed by atoms with Crippen LogP contribution < -0.4 is 0 Å². The van der Waals surface area contributed by atoms with Crippen molar-refractivity contribution in [2.75, 3.05) is 0 Å². The second kappa shape index (κ2) is 4.54. The molecule has 3 heteroatoms. The predicted octanol–water partition coefficient (Wildman–Crippen LogP) is 3.74. The van der Waals surface area contributed by atoms with Gasteiger partial charge in [0.05, 0.1) is 6.26 Å². The molecule has 0 aromatic heterocycles. The maximum Gasteiger partial charge on any atom is 0.406 e. The number of hydrogen-bond donors (Lipinski definition) is 1. The van der Waals surface area contributed by atoms with Crippen molar-refractivity contribution in [3.63, 3.8) is 0 Å². The van der Waals surface area contributed by atoms with Gasteiger partial charge < -0.3 is 9.22 Å². The van der Waals surface area contributed by atoms with Crippen LogP contribution in [-0.4, -0.2) is 13.4 Å². The third kappa shape index (κ3) is 3.21. The minimum absolute atomic E-state index is 0.225. The summed E-state index contributed by atoms with van der Waals surface area (Å²) in [6.07, 6.45) is 4.89. The summed E-state index contributed by atoms with van der Waals surface area (Å²) in [7, 11) is -2.82. The molecular formula is C12H24O2Si. The van der Waals surface area contributed by atoms with Gasteiger partial charge in [-0.2, -0.15) is 0 Å². The Morgan fingerprint density at radius 1 is 1.07 bits per heavy atom.